The lowest BCUT2D eigenvalue weighted by atomic mass is 9.83. The van der Waals surface area contributed by atoms with Gasteiger partial charge in [0.25, 0.3) is 0 Å². The van der Waals surface area contributed by atoms with Crippen LogP contribution in [0.1, 0.15) is 41.0 Å². The zero-order valence-corrected chi connectivity index (χ0v) is 22.4. The van der Waals surface area contributed by atoms with Crippen molar-refractivity contribution in [2.45, 2.75) is 95.6 Å². The molecule has 0 aromatic heterocycles. The minimum absolute atomic E-state index is 0.261. The van der Waals surface area contributed by atoms with Crippen molar-refractivity contribution < 1.29 is 44.9 Å². The molecular formula is C25H38NO9P. The monoisotopic (exact) mass is 529 g/mol. The van der Waals surface area contributed by atoms with Crippen LogP contribution in [0.5, 0.6) is 5.75 Å². The zero-order valence-electron chi connectivity index (χ0n) is 22.3. The first kappa shape index (κ1) is 27.4. The maximum absolute atomic E-state index is 13.0. The van der Waals surface area contributed by atoms with Crippen LogP contribution in [0.4, 0.5) is 0 Å². The number of para-hydroxylation sites is 1. The molecule has 2 fully saturated rings. The largest absolute Gasteiger partial charge is 0.456 e. The van der Waals surface area contributed by atoms with Crippen molar-refractivity contribution in [3.8, 4) is 5.75 Å². The third kappa shape index (κ3) is 6.25. The molecule has 1 aromatic rings. The molecule has 3 rings (SSSR count). The van der Waals surface area contributed by atoms with E-state index >= 15 is 0 Å². The number of carbonyl (C=O) groups excluding carboxylic acids is 2. The second-order valence-corrected chi connectivity index (χ2v) is 9.83. The summed E-state index contributed by atoms with van der Waals surface area (Å²) >= 11 is 0. The van der Waals surface area contributed by atoms with Gasteiger partial charge in [-0.05, 0) is 32.4 Å². The molecule has 3 N–H and O–H groups in total. The van der Waals surface area contributed by atoms with Crippen molar-refractivity contribution in [1.29, 1.82) is 0 Å². The van der Waals surface area contributed by atoms with Crippen molar-refractivity contribution in [3.05, 3.63) is 30.3 Å². The van der Waals surface area contributed by atoms with Crippen molar-refractivity contribution in [2.75, 3.05) is 6.29 Å². The van der Waals surface area contributed by atoms with Gasteiger partial charge >= 0.3 is 11.9 Å². The number of nitrogens with one attached hydrogen (secondary N) is 1. The van der Waals surface area contributed by atoms with Gasteiger partial charge in [-0.2, -0.15) is 0 Å². The summed E-state index contributed by atoms with van der Waals surface area (Å²) in [5.74, 6) is -1.66. The van der Waals surface area contributed by atoms with Gasteiger partial charge in [-0.1, -0.05) is 32.0 Å². The topological polar surface area (TPSA) is 133 Å². The fraction of sp³-hybridized carbons (Fsp3) is 0.680. The van der Waals surface area contributed by atoms with Crippen molar-refractivity contribution in [2.24, 2.45) is 5.92 Å². The molecule has 10 nitrogen and oxygen atoms in total. The Balaban J connectivity index is 1.90. The minimum Gasteiger partial charge on any atom is -0.456 e. The van der Waals surface area contributed by atoms with E-state index in [0.29, 0.717) is 6.42 Å². The third-order valence-electron chi connectivity index (χ3n) is 6.74. The van der Waals surface area contributed by atoms with E-state index < -0.39 is 66.5 Å². The maximum atomic E-state index is 13.0. The van der Waals surface area contributed by atoms with E-state index in [9.17, 15) is 19.8 Å². The molecule has 0 radical (unpaired) electrons. The van der Waals surface area contributed by atoms with Crippen LogP contribution in [0.2, 0.25) is 1.41 Å². The molecule has 2 heterocycles. The van der Waals surface area contributed by atoms with Gasteiger partial charge in [0, 0.05) is 19.1 Å². The number of carbonyl (C=O) groups is 2. The summed E-state index contributed by atoms with van der Waals surface area (Å²) in [7, 11) is 2.45. The summed E-state index contributed by atoms with van der Waals surface area (Å²) in [6, 6.07) is 7.67. The fourth-order valence-electron chi connectivity index (χ4n) is 4.76. The van der Waals surface area contributed by atoms with E-state index in [1.807, 2.05) is 13.8 Å². The van der Waals surface area contributed by atoms with Crippen LogP contribution in [0, 0.1) is 5.92 Å². The summed E-state index contributed by atoms with van der Waals surface area (Å²) in [6.45, 7) is 7.82. The molecule has 5 unspecified atom stereocenters. The van der Waals surface area contributed by atoms with Gasteiger partial charge in [0.1, 0.15) is 18.9 Å². The third-order valence-corrected chi connectivity index (χ3v) is 6.95. The van der Waals surface area contributed by atoms with Crippen molar-refractivity contribution >= 4 is 21.2 Å². The standard InChI is InChI=1S/C25H38NO9P/c1-6-17-19(28)13(2)18(26-12-36)24(34-17)35-20-14(3)31-22(25(5,30)21(20)32-15(4)27)23(29)33-16-10-8-7-9-11-16/h7-11,13-14,17-22,24,26,28,30H,6,12,36H2,1-5H3/t13-,14+,17?,18?,19+,20?,21-,22?,24+,25+/m1/s1/i/hT. The molecule has 0 saturated carbocycles. The molecule has 0 bridgehead atoms. The summed E-state index contributed by atoms with van der Waals surface area (Å²) in [4.78, 5) is 25.1. The van der Waals surface area contributed by atoms with E-state index in [2.05, 4.69) is 9.24 Å². The van der Waals surface area contributed by atoms with Crippen LogP contribution < -0.4 is 10.0 Å². The van der Waals surface area contributed by atoms with E-state index in [1.54, 1.807) is 37.3 Å². The molecule has 202 valence electrons. The SMILES string of the molecule is [3H]N(CP)C1[C@H](OC2[C@H](C)OC(C(=O)Oc3ccccc3)[C@@](C)(O)[C@@H]2OC(C)=O)OC(CC)[C@@H](O)[C@@H]1C. The van der Waals surface area contributed by atoms with Gasteiger partial charge in [-0.25, -0.2) is 4.79 Å². The lowest BCUT2D eigenvalue weighted by Gasteiger charge is -2.50. The molecule has 11 atom stereocenters. The number of hydrogen-bond donors (Lipinski definition) is 3. The van der Waals surface area contributed by atoms with Gasteiger partial charge in [0.2, 0.25) is 0 Å². The van der Waals surface area contributed by atoms with Gasteiger partial charge in [-0.3, -0.25) is 4.79 Å². The molecule has 0 aliphatic carbocycles. The lowest BCUT2D eigenvalue weighted by Crippen LogP contribution is -2.69. The number of benzene rings is 1. The number of aliphatic hydroxyl groups excluding tert-OH is 1. The second-order valence-electron chi connectivity index (χ2n) is 9.47. The number of aliphatic hydroxyl groups is 2. The highest BCUT2D eigenvalue weighted by Gasteiger charge is 2.59. The van der Waals surface area contributed by atoms with Gasteiger partial charge in [0.15, 0.2) is 18.5 Å². The van der Waals surface area contributed by atoms with E-state index in [0.717, 1.165) is 0 Å². The van der Waals surface area contributed by atoms with Crippen LogP contribution >= 0.6 is 9.24 Å². The van der Waals surface area contributed by atoms with Crippen LogP contribution in [0.25, 0.3) is 0 Å². The van der Waals surface area contributed by atoms with Gasteiger partial charge in [0.05, 0.1) is 24.4 Å². The Hall–Kier alpha value is -1.65. The number of esters is 2. The summed E-state index contributed by atoms with van der Waals surface area (Å²) < 4.78 is 37.6. The molecule has 2 aliphatic heterocycles. The van der Waals surface area contributed by atoms with E-state index in [1.165, 1.54) is 19.2 Å². The smallest absolute Gasteiger partial charge is 0.343 e. The predicted octanol–water partition coefficient (Wildman–Crippen LogP) is 1.37. The minimum atomic E-state index is -2.03. The lowest BCUT2D eigenvalue weighted by molar-refractivity contribution is -0.324. The first-order valence-electron chi connectivity index (χ1n) is 12.6. The van der Waals surface area contributed by atoms with Crippen LogP contribution in [-0.2, 0) is 28.5 Å². The average Bonchev–Trinajstić information content (AvgIpc) is 2.85. The Morgan fingerprint density at radius 3 is 2.50 bits per heavy atom. The Labute approximate surface area is 215 Å². The van der Waals surface area contributed by atoms with Crippen LogP contribution in [0.3, 0.4) is 0 Å². The zero-order chi connectivity index (χ0) is 27.5. The summed E-state index contributed by atoms with van der Waals surface area (Å²) in [5, 5.41) is 23.5. The molecule has 11 heteroatoms. The molecular weight excluding hydrogens is 489 g/mol. The average molecular weight is 530 g/mol. The predicted molar refractivity (Wildman–Crippen MR) is 133 cm³/mol. The second kappa shape index (κ2) is 12.3. The highest BCUT2D eigenvalue weighted by Crippen LogP contribution is 2.37. The summed E-state index contributed by atoms with van der Waals surface area (Å²) in [5.41, 5.74) is -2.03. The quantitative estimate of drug-likeness (QED) is 0.258. The number of hydrogen-bond acceptors (Lipinski definition) is 10. The molecule has 36 heavy (non-hydrogen) atoms. The number of rotatable bonds is 8. The normalized spacial score (nSPS) is 39.4. The number of ether oxygens (including phenoxy) is 5. The van der Waals surface area contributed by atoms with Crippen LogP contribution in [0.15, 0.2) is 30.3 Å². The van der Waals surface area contributed by atoms with Gasteiger partial charge < -0.3 is 39.2 Å². The van der Waals surface area contributed by atoms with Crippen LogP contribution in [-0.4, -0.2) is 83.0 Å². The molecule has 1 aromatic carbocycles. The van der Waals surface area contributed by atoms with Crippen molar-refractivity contribution in [3.63, 3.8) is 0 Å². The first-order valence-corrected chi connectivity index (χ1v) is 13.0. The molecule has 0 spiro atoms. The molecule has 2 aliphatic rings. The Kier molecular flexibility index (Phi) is 9.33. The Morgan fingerprint density at radius 1 is 1.25 bits per heavy atom. The molecule has 2 saturated heterocycles. The molecule has 0 amide bonds. The fourth-order valence-corrected chi connectivity index (χ4v) is 5.00. The maximum Gasteiger partial charge on any atom is 0.343 e. The van der Waals surface area contributed by atoms with Gasteiger partial charge in [-0.15, -0.1) is 9.24 Å². The van der Waals surface area contributed by atoms with E-state index in [4.69, 9.17) is 25.1 Å². The van der Waals surface area contributed by atoms with E-state index in [-0.39, 0.29) is 18.0 Å². The summed E-state index contributed by atoms with van der Waals surface area (Å²) in [6.07, 6.45) is -6.34. The van der Waals surface area contributed by atoms with Crippen molar-refractivity contribution in [1.82, 2.24) is 5.31 Å². The highest BCUT2D eigenvalue weighted by atomic mass is 31.0. The Bertz CT molecular complexity index is 923. The Morgan fingerprint density at radius 2 is 1.92 bits per heavy atom. The first-order chi connectivity index (χ1) is 17.4. The highest BCUT2D eigenvalue weighted by molar-refractivity contribution is 7.16.